The molecule has 0 unspecified atom stereocenters. The fourth-order valence-electron chi connectivity index (χ4n) is 2.07. The summed E-state index contributed by atoms with van der Waals surface area (Å²) in [6, 6.07) is 0. The van der Waals surface area contributed by atoms with Crippen molar-refractivity contribution in [3.63, 3.8) is 0 Å². The lowest BCUT2D eigenvalue weighted by Gasteiger charge is -2.04. The monoisotopic (exact) mass is 333 g/mol. The van der Waals surface area contributed by atoms with Gasteiger partial charge in [-0.05, 0) is 13.8 Å². The number of H-pyrrole nitrogens is 1. The third-order valence-electron chi connectivity index (χ3n) is 3.36. The molecule has 10 heteroatoms. The summed E-state index contributed by atoms with van der Waals surface area (Å²) in [4.78, 5) is 41.3. The lowest BCUT2D eigenvalue weighted by molar-refractivity contribution is 0.0691. The summed E-state index contributed by atoms with van der Waals surface area (Å²) in [5, 5.41) is 17.1. The summed E-state index contributed by atoms with van der Waals surface area (Å²) < 4.78 is 1.36. The predicted octanol–water partition coefficient (Wildman–Crippen LogP) is 1.05. The molecule has 0 aliphatic carbocycles. The molecule has 0 bridgehead atoms. The Morgan fingerprint density at radius 2 is 2.09 bits per heavy atom. The Labute approximate surface area is 132 Å². The maximum absolute atomic E-state index is 12.5. The summed E-state index contributed by atoms with van der Waals surface area (Å²) in [5.74, 6) is -2.02. The molecule has 0 fully saturated rings. The van der Waals surface area contributed by atoms with Gasteiger partial charge in [-0.25, -0.2) is 9.78 Å². The van der Waals surface area contributed by atoms with Gasteiger partial charge in [-0.2, -0.15) is 5.10 Å². The number of nitrogens with one attached hydrogen (secondary N) is 2. The van der Waals surface area contributed by atoms with Gasteiger partial charge in [-0.3, -0.25) is 19.1 Å². The van der Waals surface area contributed by atoms with Crippen LogP contribution in [0.3, 0.4) is 0 Å². The first-order valence-electron chi connectivity index (χ1n) is 6.46. The number of carbonyl (C=O) groups is 2. The highest BCUT2D eigenvalue weighted by Crippen LogP contribution is 2.18. The van der Waals surface area contributed by atoms with E-state index < -0.39 is 17.4 Å². The minimum absolute atomic E-state index is 0.0229. The van der Waals surface area contributed by atoms with Crippen LogP contribution in [0, 0.1) is 13.8 Å². The highest BCUT2D eigenvalue weighted by molar-refractivity contribution is 7.17. The molecule has 3 N–H and O–H groups in total. The molecule has 0 aromatic carbocycles. The number of carboxylic acid groups (broad SMARTS) is 1. The fourth-order valence-corrected chi connectivity index (χ4v) is 2.99. The summed E-state index contributed by atoms with van der Waals surface area (Å²) in [6.45, 7) is 3.63. The number of nitrogens with zero attached hydrogens (tertiary/aromatic N) is 3. The maximum Gasteiger partial charge on any atom is 0.356 e. The van der Waals surface area contributed by atoms with Gasteiger partial charge in [0, 0.05) is 16.8 Å². The van der Waals surface area contributed by atoms with Crippen molar-refractivity contribution in [3.8, 4) is 0 Å². The molecule has 0 aliphatic heterocycles. The first-order chi connectivity index (χ1) is 10.9. The second-order valence-corrected chi connectivity index (χ2v) is 5.94. The van der Waals surface area contributed by atoms with E-state index in [4.69, 9.17) is 5.11 Å². The molecule has 0 atom stereocenters. The van der Waals surface area contributed by atoms with E-state index in [1.54, 1.807) is 6.92 Å². The van der Waals surface area contributed by atoms with E-state index in [-0.39, 0.29) is 16.9 Å². The molecule has 118 valence electrons. The number of thiazole rings is 1. The Bertz CT molecular complexity index is 1000. The van der Waals surface area contributed by atoms with Crippen LogP contribution in [0.5, 0.6) is 0 Å². The second-order valence-electron chi connectivity index (χ2n) is 4.76. The molecule has 0 saturated heterocycles. The zero-order chi connectivity index (χ0) is 16.7. The molecule has 0 saturated carbocycles. The van der Waals surface area contributed by atoms with Gasteiger partial charge in [0.05, 0.1) is 11.9 Å². The molecule has 23 heavy (non-hydrogen) atoms. The average molecular weight is 333 g/mol. The Hall–Kier alpha value is -3.01. The summed E-state index contributed by atoms with van der Waals surface area (Å²) in [6.07, 6.45) is 2.34. The van der Waals surface area contributed by atoms with E-state index >= 15 is 0 Å². The molecule has 9 nitrogen and oxygen atoms in total. The quantitative estimate of drug-likeness (QED) is 0.657. The van der Waals surface area contributed by atoms with Gasteiger partial charge in [0.2, 0.25) is 0 Å². The first-order valence-corrected chi connectivity index (χ1v) is 7.27. The Kier molecular flexibility index (Phi) is 3.45. The molecule has 0 aliphatic rings. The van der Waals surface area contributed by atoms with Crippen molar-refractivity contribution in [1.82, 2.24) is 19.6 Å². The number of aromatic nitrogens is 4. The number of hydrogen-bond donors (Lipinski definition) is 3. The van der Waals surface area contributed by atoms with Crippen LogP contribution in [0.25, 0.3) is 4.96 Å². The van der Waals surface area contributed by atoms with Crippen molar-refractivity contribution in [2.45, 2.75) is 13.8 Å². The minimum Gasteiger partial charge on any atom is -0.476 e. The van der Waals surface area contributed by atoms with Gasteiger partial charge in [0.1, 0.15) is 5.56 Å². The average Bonchev–Trinajstić information content (AvgIpc) is 3.05. The number of aromatic amines is 1. The van der Waals surface area contributed by atoms with Crippen molar-refractivity contribution < 1.29 is 14.7 Å². The SMILES string of the molecule is Cc1sc2ncc(C(=O)Nc3cn[nH]c3C(=O)O)c(=O)n2c1C. The third kappa shape index (κ3) is 2.38. The van der Waals surface area contributed by atoms with Gasteiger partial charge >= 0.3 is 5.97 Å². The van der Waals surface area contributed by atoms with E-state index in [9.17, 15) is 14.4 Å². The Balaban J connectivity index is 2.03. The van der Waals surface area contributed by atoms with Crippen molar-refractivity contribution in [2.24, 2.45) is 0 Å². The standard InChI is InChI=1S/C13H11N5O4S/c1-5-6(2)23-13-14-3-7(11(20)18(5)13)10(19)16-8-4-15-17-9(8)12(21)22/h3-4H,1-2H3,(H,15,17)(H,16,19)(H,21,22). The largest absolute Gasteiger partial charge is 0.476 e. The fraction of sp³-hybridized carbons (Fsp3) is 0.154. The number of aryl methyl sites for hydroxylation is 2. The summed E-state index contributed by atoms with van der Waals surface area (Å²) in [5.41, 5.74) is -0.261. The highest BCUT2D eigenvalue weighted by atomic mass is 32.1. The number of fused-ring (bicyclic) bond motifs is 1. The van der Waals surface area contributed by atoms with Crippen molar-refractivity contribution in [1.29, 1.82) is 0 Å². The van der Waals surface area contributed by atoms with Crippen molar-refractivity contribution >= 4 is 33.9 Å². The normalized spacial score (nSPS) is 10.9. The van der Waals surface area contributed by atoms with Crippen molar-refractivity contribution in [2.75, 3.05) is 5.32 Å². The summed E-state index contributed by atoms with van der Waals surface area (Å²) in [7, 11) is 0. The van der Waals surface area contributed by atoms with Crippen LogP contribution >= 0.6 is 11.3 Å². The smallest absolute Gasteiger partial charge is 0.356 e. The third-order valence-corrected chi connectivity index (χ3v) is 4.44. The van der Waals surface area contributed by atoms with Crippen molar-refractivity contribution in [3.05, 3.63) is 44.6 Å². The van der Waals surface area contributed by atoms with Crippen LogP contribution in [0.15, 0.2) is 17.2 Å². The molecule has 3 heterocycles. The van der Waals surface area contributed by atoms with E-state index in [1.807, 2.05) is 6.92 Å². The maximum atomic E-state index is 12.5. The Morgan fingerprint density at radius 3 is 2.78 bits per heavy atom. The van der Waals surface area contributed by atoms with Crippen LogP contribution in [-0.2, 0) is 0 Å². The molecule has 1 amide bonds. The second kappa shape index (κ2) is 5.32. The molecule has 0 spiro atoms. The lowest BCUT2D eigenvalue weighted by atomic mass is 10.3. The number of aromatic carboxylic acids is 1. The number of anilines is 1. The zero-order valence-electron chi connectivity index (χ0n) is 12.1. The molecule has 0 radical (unpaired) electrons. The van der Waals surface area contributed by atoms with E-state index in [0.29, 0.717) is 10.7 Å². The van der Waals surface area contributed by atoms with E-state index in [0.717, 1.165) is 11.1 Å². The highest BCUT2D eigenvalue weighted by Gasteiger charge is 2.20. The number of carbonyl (C=O) groups excluding carboxylic acids is 1. The predicted molar refractivity (Wildman–Crippen MR) is 82.3 cm³/mol. The topological polar surface area (TPSA) is 129 Å². The molecular formula is C13H11N5O4S. The van der Waals surface area contributed by atoms with Gasteiger partial charge < -0.3 is 10.4 Å². The Morgan fingerprint density at radius 1 is 1.35 bits per heavy atom. The van der Waals surface area contributed by atoms with Crippen LogP contribution in [0.2, 0.25) is 0 Å². The molecule has 3 rings (SSSR count). The number of rotatable bonds is 3. The van der Waals surface area contributed by atoms with Crippen LogP contribution in [0.1, 0.15) is 31.4 Å². The number of amides is 1. The molecular weight excluding hydrogens is 322 g/mol. The van der Waals surface area contributed by atoms with Crippen LogP contribution in [0.4, 0.5) is 5.69 Å². The van der Waals surface area contributed by atoms with Gasteiger partial charge in [0.25, 0.3) is 11.5 Å². The van der Waals surface area contributed by atoms with Gasteiger partial charge in [-0.1, -0.05) is 0 Å². The zero-order valence-corrected chi connectivity index (χ0v) is 12.9. The van der Waals surface area contributed by atoms with Gasteiger partial charge in [0.15, 0.2) is 10.7 Å². The lowest BCUT2D eigenvalue weighted by Crippen LogP contribution is -2.27. The summed E-state index contributed by atoms with van der Waals surface area (Å²) >= 11 is 1.35. The van der Waals surface area contributed by atoms with Gasteiger partial charge in [-0.15, -0.1) is 11.3 Å². The van der Waals surface area contributed by atoms with Crippen LogP contribution in [-0.4, -0.2) is 36.6 Å². The minimum atomic E-state index is -1.27. The number of carboxylic acids is 1. The van der Waals surface area contributed by atoms with Crippen LogP contribution < -0.4 is 10.9 Å². The molecule has 3 aromatic heterocycles. The number of hydrogen-bond acceptors (Lipinski definition) is 6. The first kappa shape index (κ1) is 14.9. The molecule has 3 aromatic rings. The van der Waals surface area contributed by atoms with E-state index in [2.05, 4.69) is 20.5 Å². The van der Waals surface area contributed by atoms with E-state index in [1.165, 1.54) is 21.9 Å².